The van der Waals surface area contributed by atoms with Crippen LogP contribution in [0.25, 0.3) is 0 Å². The lowest BCUT2D eigenvalue weighted by Crippen LogP contribution is -2.56. The minimum Gasteiger partial charge on any atom is -0.244 e. The van der Waals surface area contributed by atoms with E-state index in [0.717, 1.165) is 0 Å². The molecule has 0 aromatic heterocycles. The number of rotatable bonds is 4. The van der Waals surface area contributed by atoms with Gasteiger partial charge in [0.2, 0.25) is 0 Å². The van der Waals surface area contributed by atoms with E-state index >= 15 is 0 Å². The van der Waals surface area contributed by atoms with E-state index in [1.807, 2.05) is 0 Å². The third-order valence-electron chi connectivity index (χ3n) is 1.51. The summed E-state index contributed by atoms with van der Waals surface area (Å²) in [5.74, 6) is -18.4. The lowest BCUT2D eigenvalue weighted by molar-refractivity contribution is -0.333. The second-order valence-corrected chi connectivity index (χ2v) is 2.91. The largest absolute Gasteiger partial charge is 0.395 e. The molecule has 0 nitrogen and oxygen atoms in total. The maximum absolute atomic E-state index is 12.3. The van der Waals surface area contributed by atoms with Crippen LogP contribution >= 0.6 is 0 Å². The Labute approximate surface area is 82.2 Å². The second-order valence-electron chi connectivity index (χ2n) is 2.91. The van der Waals surface area contributed by atoms with E-state index < -0.39 is 37.0 Å². The average molecular weight is 266 g/mol. The molecule has 10 heteroatoms. The monoisotopic (exact) mass is 266 g/mol. The van der Waals surface area contributed by atoms with E-state index in [0.29, 0.717) is 0 Å². The van der Waals surface area contributed by atoms with Gasteiger partial charge < -0.3 is 0 Å². The summed E-state index contributed by atoms with van der Waals surface area (Å²) in [4.78, 5) is 0. The second kappa shape index (κ2) is 3.95. The Morgan fingerprint density at radius 3 is 1.25 bits per heavy atom. The third kappa shape index (κ3) is 2.91. The maximum atomic E-state index is 12.3. The minimum absolute atomic E-state index is 3.19. The summed E-state index contributed by atoms with van der Waals surface area (Å²) in [6.45, 7) is -3.19. The first-order chi connectivity index (χ1) is 6.77. The molecule has 98 valence electrons. The normalized spacial score (nSPS) is 15.4. The molecular weight excluding hydrogens is 262 g/mol. The van der Waals surface area contributed by atoms with Crippen LogP contribution in [0.2, 0.25) is 0 Å². The predicted octanol–water partition coefficient (Wildman–Crippen LogP) is 3.81. The van der Waals surface area contributed by atoms with Crippen LogP contribution in [0.15, 0.2) is 0 Å². The fourth-order valence-electron chi connectivity index (χ4n) is 0.714. The highest BCUT2D eigenvalue weighted by atomic mass is 19.4. The summed E-state index contributed by atoms with van der Waals surface area (Å²) in [7, 11) is 0. The predicted molar refractivity (Wildman–Crippen MR) is 31.5 cm³/mol. The molecule has 0 saturated heterocycles. The average Bonchev–Trinajstić information content (AvgIpc) is 1.99. The van der Waals surface area contributed by atoms with Crippen LogP contribution in [0.1, 0.15) is 6.42 Å². The van der Waals surface area contributed by atoms with E-state index in [1.54, 1.807) is 0 Å². The molecule has 0 aromatic carbocycles. The van der Waals surface area contributed by atoms with Crippen LogP contribution < -0.4 is 0 Å². The van der Waals surface area contributed by atoms with Crippen LogP contribution in [-0.2, 0) is 0 Å². The zero-order valence-electron chi connectivity index (χ0n) is 7.19. The van der Waals surface area contributed by atoms with E-state index in [1.165, 1.54) is 0 Å². The highest BCUT2D eigenvalue weighted by Crippen LogP contribution is 2.50. The summed E-state index contributed by atoms with van der Waals surface area (Å²) in [6.07, 6.45) is -9.23. The van der Waals surface area contributed by atoms with Crippen molar-refractivity contribution in [1.82, 2.24) is 0 Å². The molecule has 0 atom stereocenters. The van der Waals surface area contributed by atoms with Gasteiger partial charge in [0.15, 0.2) is 6.67 Å². The van der Waals surface area contributed by atoms with Crippen molar-refractivity contribution in [2.45, 2.75) is 30.4 Å². The Bertz CT molecular complexity index is 238. The van der Waals surface area contributed by atoms with Crippen LogP contribution in [0.4, 0.5) is 43.9 Å². The molecule has 0 saturated carbocycles. The van der Waals surface area contributed by atoms with Crippen molar-refractivity contribution in [3.8, 4) is 0 Å². The molecule has 0 amide bonds. The summed E-state index contributed by atoms with van der Waals surface area (Å²) in [5, 5.41) is 0. The number of halogens is 10. The molecular formula is C6H4F10. The van der Waals surface area contributed by atoms with Gasteiger partial charge in [0, 0.05) is 0 Å². The van der Waals surface area contributed by atoms with Gasteiger partial charge in [-0.3, -0.25) is 0 Å². The summed E-state index contributed by atoms with van der Waals surface area (Å²) >= 11 is 0. The van der Waals surface area contributed by atoms with E-state index in [-0.39, 0.29) is 0 Å². The molecule has 0 fully saturated rings. The van der Waals surface area contributed by atoms with Crippen molar-refractivity contribution in [2.24, 2.45) is 0 Å². The molecule has 0 aromatic rings. The zero-order chi connectivity index (χ0) is 13.4. The Morgan fingerprint density at radius 2 is 1.00 bits per heavy atom. The summed E-state index contributed by atoms with van der Waals surface area (Å²) in [6, 6.07) is 0. The van der Waals surface area contributed by atoms with Gasteiger partial charge in [0.05, 0.1) is 0 Å². The van der Waals surface area contributed by atoms with Crippen molar-refractivity contribution in [3.05, 3.63) is 0 Å². The Balaban J connectivity index is 5.14. The molecule has 0 N–H and O–H groups in total. The van der Waals surface area contributed by atoms with E-state index in [2.05, 4.69) is 0 Å². The Kier molecular flexibility index (Phi) is 3.78. The number of hydrogen-bond acceptors (Lipinski definition) is 0. The quantitative estimate of drug-likeness (QED) is 0.678. The van der Waals surface area contributed by atoms with Crippen LogP contribution in [-0.4, -0.2) is 30.6 Å². The molecule has 0 heterocycles. The molecule has 0 spiro atoms. The third-order valence-corrected chi connectivity index (χ3v) is 1.51. The van der Waals surface area contributed by atoms with Crippen molar-refractivity contribution in [1.29, 1.82) is 0 Å². The van der Waals surface area contributed by atoms with Gasteiger partial charge in [-0.05, 0) is 0 Å². The highest BCUT2D eigenvalue weighted by Gasteiger charge is 2.73. The smallest absolute Gasteiger partial charge is 0.244 e. The Morgan fingerprint density at radius 1 is 0.625 bits per heavy atom. The molecule has 0 aliphatic rings. The summed E-state index contributed by atoms with van der Waals surface area (Å²) in [5.41, 5.74) is 0. The van der Waals surface area contributed by atoms with E-state index in [9.17, 15) is 43.9 Å². The summed E-state index contributed by atoms with van der Waals surface area (Å²) < 4.78 is 119. The van der Waals surface area contributed by atoms with Crippen molar-refractivity contribution < 1.29 is 43.9 Å². The number of hydrogen-bond donors (Lipinski definition) is 0. The van der Waals surface area contributed by atoms with Gasteiger partial charge in [-0.15, -0.1) is 0 Å². The molecule has 0 unspecified atom stereocenters. The SMILES string of the molecule is FCC(F)(F)C(F)(F)C(F)(F)CC(F)(F)F. The van der Waals surface area contributed by atoms with Crippen molar-refractivity contribution in [2.75, 3.05) is 6.67 Å². The van der Waals surface area contributed by atoms with Crippen LogP contribution in [0, 0.1) is 0 Å². The molecule has 0 aliphatic carbocycles. The van der Waals surface area contributed by atoms with Gasteiger partial charge in [0.1, 0.15) is 6.42 Å². The standard InChI is InChI=1S/C6H4F10/c7-2-4(10,11)6(15,16)3(8,9)1-5(12,13)14/h1-2H2. The lowest BCUT2D eigenvalue weighted by Gasteiger charge is -2.31. The van der Waals surface area contributed by atoms with Gasteiger partial charge in [-0.1, -0.05) is 0 Å². The zero-order valence-corrected chi connectivity index (χ0v) is 7.19. The van der Waals surface area contributed by atoms with Gasteiger partial charge in [-0.2, -0.15) is 39.5 Å². The van der Waals surface area contributed by atoms with Crippen LogP contribution in [0.3, 0.4) is 0 Å². The minimum atomic E-state index is -6.41. The first-order valence-electron chi connectivity index (χ1n) is 3.53. The van der Waals surface area contributed by atoms with Gasteiger partial charge in [0.25, 0.3) is 0 Å². The first-order valence-corrected chi connectivity index (χ1v) is 3.53. The van der Waals surface area contributed by atoms with Crippen LogP contribution in [0.5, 0.6) is 0 Å². The van der Waals surface area contributed by atoms with Gasteiger partial charge >= 0.3 is 23.9 Å². The molecule has 16 heavy (non-hydrogen) atoms. The molecule has 0 aliphatic heterocycles. The molecule has 0 radical (unpaired) electrons. The fourth-order valence-corrected chi connectivity index (χ4v) is 0.714. The number of alkyl halides is 10. The van der Waals surface area contributed by atoms with Gasteiger partial charge in [-0.25, -0.2) is 4.39 Å². The molecule has 0 bridgehead atoms. The maximum Gasteiger partial charge on any atom is 0.395 e. The van der Waals surface area contributed by atoms with Crippen molar-refractivity contribution >= 4 is 0 Å². The van der Waals surface area contributed by atoms with Crippen molar-refractivity contribution in [3.63, 3.8) is 0 Å². The molecule has 0 rings (SSSR count). The first kappa shape index (κ1) is 15.3. The topological polar surface area (TPSA) is 0 Å². The fraction of sp³-hybridized carbons (Fsp3) is 1.00. The lowest BCUT2D eigenvalue weighted by atomic mass is 10.0. The highest BCUT2D eigenvalue weighted by molar-refractivity contribution is 4.97. The van der Waals surface area contributed by atoms with E-state index in [4.69, 9.17) is 0 Å². The Hall–Kier alpha value is -0.700.